The molecule has 0 amide bonds. The van der Waals surface area contributed by atoms with Crippen LogP contribution in [0.5, 0.6) is 5.75 Å². The molecule has 0 aliphatic rings. The standard InChI is InChI=1S/C22H18F2O5S/c1-28-20(26)11-18(13-2-4-14(23)5-3-13)22-21(27)19(25)10-16(29-22)12-30-17-8-6-15(24)7-9-17/h2-10,18,27H,11-12H2,1H3. The van der Waals surface area contributed by atoms with Crippen LogP contribution in [0.3, 0.4) is 0 Å². The van der Waals surface area contributed by atoms with Gasteiger partial charge in [0.05, 0.1) is 25.2 Å². The first-order valence-corrected chi connectivity index (χ1v) is 9.92. The van der Waals surface area contributed by atoms with E-state index >= 15 is 0 Å². The Morgan fingerprint density at radius 1 is 1.10 bits per heavy atom. The van der Waals surface area contributed by atoms with Gasteiger partial charge in [0.1, 0.15) is 17.4 Å². The van der Waals surface area contributed by atoms with Crippen LogP contribution in [-0.4, -0.2) is 18.2 Å². The summed E-state index contributed by atoms with van der Waals surface area (Å²) in [5.74, 6) is -2.48. The summed E-state index contributed by atoms with van der Waals surface area (Å²) in [7, 11) is 1.22. The molecule has 3 rings (SSSR count). The maximum atomic E-state index is 13.3. The van der Waals surface area contributed by atoms with Gasteiger partial charge in [-0.05, 0) is 42.0 Å². The number of halogens is 2. The molecule has 0 saturated carbocycles. The van der Waals surface area contributed by atoms with Gasteiger partial charge in [-0.15, -0.1) is 11.8 Å². The van der Waals surface area contributed by atoms with E-state index in [1.807, 2.05) is 0 Å². The Labute approximate surface area is 175 Å². The van der Waals surface area contributed by atoms with E-state index in [0.29, 0.717) is 5.56 Å². The van der Waals surface area contributed by atoms with Crippen LogP contribution in [0.1, 0.15) is 29.4 Å². The first kappa shape index (κ1) is 21.6. The van der Waals surface area contributed by atoms with Gasteiger partial charge in [0.25, 0.3) is 0 Å². The van der Waals surface area contributed by atoms with Crippen molar-refractivity contribution in [3.05, 3.63) is 93.5 Å². The Morgan fingerprint density at radius 3 is 2.30 bits per heavy atom. The van der Waals surface area contributed by atoms with Gasteiger partial charge in [-0.2, -0.15) is 0 Å². The van der Waals surface area contributed by atoms with Gasteiger partial charge in [-0.25, -0.2) is 8.78 Å². The van der Waals surface area contributed by atoms with Crippen molar-refractivity contribution in [2.75, 3.05) is 7.11 Å². The maximum absolute atomic E-state index is 13.3. The predicted molar refractivity (Wildman–Crippen MR) is 107 cm³/mol. The zero-order valence-electron chi connectivity index (χ0n) is 15.9. The molecule has 0 fully saturated rings. The number of esters is 1. The van der Waals surface area contributed by atoms with Gasteiger partial charge in [0.2, 0.25) is 11.2 Å². The van der Waals surface area contributed by atoms with Gasteiger partial charge < -0.3 is 14.3 Å². The van der Waals surface area contributed by atoms with Crippen molar-refractivity contribution >= 4 is 17.7 Å². The fourth-order valence-electron chi connectivity index (χ4n) is 2.85. The molecule has 0 bridgehead atoms. The molecule has 30 heavy (non-hydrogen) atoms. The zero-order chi connectivity index (χ0) is 21.7. The molecule has 8 heteroatoms. The summed E-state index contributed by atoms with van der Waals surface area (Å²) >= 11 is 1.31. The summed E-state index contributed by atoms with van der Waals surface area (Å²) in [6, 6.07) is 12.3. The number of carbonyl (C=O) groups is 1. The zero-order valence-corrected chi connectivity index (χ0v) is 16.7. The number of carbonyl (C=O) groups excluding carboxylic acids is 1. The molecule has 5 nitrogen and oxygen atoms in total. The number of thioether (sulfide) groups is 1. The number of rotatable bonds is 7. The van der Waals surface area contributed by atoms with Crippen LogP contribution >= 0.6 is 11.8 Å². The molecule has 2 aromatic carbocycles. The molecule has 1 atom stereocenters. The number of hydrogen-bond acceptors (Lipinski definition) is 6. The minimum absolute atomic E-state index is 0.103. The molecular formula is C22H18F2O5S. The molecule has 0 aliphatic heterocycles. The number of hydrogen-bond donors (Lipinski definition) is 1. The average molecular weight is 432 g/mol. The summed E-state index contributed by atoms with van der Waals surface area (Å²) in [5, 5.41) is 10.3. The maximum Gasteiger partial charge on any atom is 0.306 e. The van der Waals surface area contributed by atoms with E-state index in [1.54, 1.807) is 12.1 Å². The van der Waals surface area contributed by atoms with Gasteiger partial charge >= 0.3 is 5.97 Å². The van der Waals surface area contributed by atoms with Crippen LogP contribution in [0, 0.1) is 11.6 Å². The topological polar surface area (TPSA) is 76.7 Å². The lowest BCUT2D eigenvalue weighted by atomic mass is 9.92. The normalized spacial score (nSPS) is 11.8. The summed E-state index contributed by atoms with van der Waals surface area (Å²) in [6.07, 6.45) is -0.215. The smallest absolute Gasteiger partial charge is 0.306 e. The summed E-state index contributed by atoms with van der Waals surface area (Å²) < 4.78 is 36.9. The van der Waals surface area contributed by atoms with E-state index in [0.717, 1.165) is 11.0 Å². The molecule has 1 N–H and O–H groups in total. The highest BCUT2D eigenvalue weighted by Gasteiger charge is 2.26. The van der Waals surface area contributed by atoms with Crippen LogP contribution in [-0.2, 0) is 15.3 Å². The molecule has 0 aliphatic carbocycles. The lowest BCUT2D eigenvalue weighted by molar-refractivity contribution is -0.140. The fraction of sp³-hybridized carbons (Fsp3) is 0.182. The minimum Gasteiger partial charge on any atom is -0.502 e. The van der Waals surface area contributed by atoms with Gasteiger partial charge in [-0.3, -0.25) is 9.59 Å². The molecule has 1 aromatic heterocycles. The van der Waals surface area contributed by atoms with Gasteiger partial charge in [0.15, 0.2) is 5.76 Å². The third-order valence-corrected chi connectivity index (χ3v) is 5.42. The third kappa shape index (κ3) is 5.27. The molecular weight excluding hydrogens is 414 g/mol. The molecule has 0 saturated heterocycles. The SMILES string of the molecule is COC(=O)CC(c1ccc(F)cc1)c1oc(CSc2ccc(F)cc2)cc(=O)c1O. The number of benzene rings is 2. The van der Waals surface area contributed by atoms with Crippen molar-refractivity contribution in [3.8, 4) is 5.75 Å². The average Bonchev–Trinajstić information content (AvgIpc) is 2.74. The number of ether oxygens (including phenoxy) is 1. The van der Waals surface area contributed by atoms with Crippen LogP contribution in [0.4, 0.5) is 8.78 Å². The molecule has 3 aromatic rings. The highest BCUT2D eigenvalue weighted by atomic mass is 32.2. The van der Waals surface area contributed by atoms with E-state index in [2.05, 4.69) is 0 Å². The predicted octanol–water partition coefficient (Wildman–Crippen LogP) is 4.61. The van der Waals surface area contributed by atoms with Crippen molar-refractivity contribution in [3.63, 3.8) is 0 Å². The second-order valence-electron chi connectivity index (χ2n) is 6.42. The first-order valence-electron chi connectivity index (χ1n) is 8.94. The van der Waals surface area contributed by atoms with Crippen molar-refractivity contribution in [1.82, 2.24) is 0 Å². The van der Waals surface area contributed by atoms with E-state index in [4.69, 9.17) is 9.15 Å². The third-order valence-electron chi connectivity index (χ3n) is 4.38. The van der Waals surface area contributed by atoms with Crippen LogP contribution in [0.25, 0.3) is 0 Å². The quantitative estimate of drug-likeness (QED) is 0.434. The summed E-state index contributed by atoms with van der Waals surface area (Å²) in [6.45, 7) is 0. The summed E-state index contributed by atoms with van der Waals surface area (Å²) in [5.41, 5.74) is -0.188. The Kier molecular flexibility index (Phi) is 6.89. The lowest BCUT2D eigenvalue weighted by Gasteiger charge is -2.17. The van der Waals surface area contributed by atoms with E-state index in [1.165, 1.54) is 55.3 Å². The van der Waals surface area contributed by atoms with E-state index < -0.39 is 28.9 Å². The lowest BCUT2D eigenvalue weighted by Crippen LogP contribution is -2.14. The van der Waals surface area contributed by atoms with Gasteiger partial charge in [0, 0.05) is 11.0 Å². The fourth-order valence-corrected chi connectivity index (χ4v) is 3.63. The molecule has 0 spiro atoms. The largest absolute Gasteiger partial charge is 0.502 e. The Hall–Kier alpha value is -3.13. The number of methoxy groups -OCH3 is 1. The minimum atomic E-state index is -0.846. The first-order chi connectivity index (χ1) is 14.4. The van der Waals surface area contributed by atoms with Crippen LogP contribution in [0.15, 0.2) is 68.7 Å². The van der Waals surface area contributed by atoms with Crippen molar-refractivity contribution < 1.29 is 27.8 Å². The highest BCUT2D eigenvalue weighted by molar-refractivity contribution is 7.98. The highest BCUT2D eigenvalue weighted by Crippen LogP contribution is 2.34. The van der Waals surface area contributed by atoms with E-state index in [9.17, 15) is 23.5 Å². The molecule has 156 valence electrons. The van der Waals surface area contributed by atoms with Crippen molar-refractivity contribution in [2.45, 2.75) is 23.0 Å². The van der Waals surface area contributed by atoms with Crippen LogP contribution in [0.2, 0.25) is 0 Å². The van der Waals surface area contributed by atoms with Gasteiger partial charge in [-0.1, -0.05) is 12.1 Å². The van der Waals surface area contributed by atoms with Crippen molar-refractivity contribution in [2.24, 2.45) is 0 Å². The Balaban J connectivity index is 1.95. The van der Waals surface area contributed by atoms with Crippen LogP contribution < -0.4 is 5.43 Å². The number of aromatic hydroxyl groups is 1. The second-order valence-corrected chi connectivity index (χ2v) is 7.47. The van der Waals surface area contributed by atoms with Crippen molar-refractivity contribution in [1.29, 1.82) is 0 Å². The second kappa shape index (κ2) is 9.58. The summed E-state index contributed by atoms with van der Waals surface area (Å²) in [4.78, 5) is 25.0. The monoisotopic (exact) mass is 432 g/mol. The molecule has 0 radical (unpaired) electrons. The molecule has 1 unspecified atom stereocenters. The Morgan fingerprint density at radius 2 is 1.70 bits per heavy atom. The molecule has 1 heterocycles. The Bertz CT molecular complexity index is 1080. The van der Waals surface area contributed by atoms with E-state index in [-0.39, 0.29) is 29.5 Å².